The van der Waals surface area contributed by atoms with Crippen LogP contribution in [0, 0.1) is 5.92 Å². The van der Waals surface area contributed by atoms with Crippen molar-refractivity contribution >= 4 is 23.4 Å². The van der Waals surface area contributed by atoms with Crippen LogP contribution in [-0.4, -0.2) is 34.5 Å². The van der Waals surface area contributed by atoms with Gasteiger partial charge in [-0.15, -0.1) is 0 Å². The summed E-state index contributed by atoms with van der Waals surface area (Å²) < 4.78 is 0. The van der Waals surface area contributed by atoms with Gasteiger partial charge in [-0.3, -0.25) is 0 Å². The van der Waals surface area contributed by atoms with E-state index in [1.165, 1.54) is 11.8 Å². The molecule has 0 aliphatic carbocycles. The van der Waals surface area contributed by atoms with E-state index in [4.69, 9.17) is 10.9 Å². The van der Waals surface area contributed by atoms with Gasteiger partial charge in [0.15, 0.2) is 5.16 Å². The lowest BCUT2D eigenvalue weighted by Crippen LogP contribution is -2.16. The van der Waals surface area contributed by atoms with E-state index in [2.05, 4.69) is 20.7 Å². The maximum atomic E-state index is 8.91. The molecule has 0 saturated heterocycles. The molecule has 6 nitrogen and oxygen atoms in total. The number of aliphatic hydroxyl groups is 1. The third-order valence-electron chi connectivity index (χ3n) is 1.98. The quantitative estimate of drug-likeness (QED) is 0.250. The van der Waals surface area contributed by atoms with Crippen molar-refractivity contribution in [2.24, 2.45) is 11.8 Å². The Hall–Kier alpha value is -1.05. The molecule has 0 amide bonds. The first-order chi connectivity index (χ1) is 7.69. The van der Waals surface area contributed by atoms with E-state index in [1.807, 2.05) is 13.2 Å². The Morgan fingerprint density at radius 3 is 2.75 bits per heavy atom. The molecule has 16 heavy (non-hydrogen) atoms. The number of nitrogens with two attached hydrogens (primary N) is 1. The third kappa shape index (κ3) is 3.84. The molecule has 0 aliphatic heterocycles. The number of nitrogens with one attached hydrogen (secondary N) is 2. The van der Waals surface area contributed by atoms with Crippen molar-refractivity contribution in [3.63, 3.8) is 0 Å². The van der Waals surface area contributed by atoms with Crippen molar-refractivity contribution in [3.05, 3.63) is 6.07 Å². The van der Waals surface area contributed by atoms with Crippen LogP contribution in [0.2, 0.25) is 0 Å². The molecule has 1 unspecified atom stereocenters. The zero-order valence-corrected chi connectivity index (χ0v) is 10.2. The molecule has 0 fully saturated rings. The number of hydrazine groups is 1. The van der Waals surface area contributed by atoms with Crippen LogP contribution in [0.5, 0.6) is 0 Å². The van der Waals surface area contributed by atoms with E-state index < -0.39 is 0 Å². The second-order valence-corrected chi connectivity index (χ2v) is 4.21. The Bertz CT molecular complexity index is 313. The average molecular weight is 243 g/mol. The van der Waals surface area contributed by atoms with Crippen molar-refractivity contribution in [3.8, 4) is 0 Å². The van der Waals surface area contributed by atoms with Crippen LogP contribution in [0.1, 0.15) is 6.92 Å². The standard InChI is InChI=1S/C9H17N5OS/c1-6(5-15)4-11-7-3-8(14-10)13-9(12-7)16-2/h3,6,15H,4-5,10H2,1-2H3,(H2,11,12,13,14). The van der Waals surface area contributed by atoms with E-state index >= 15 is 0 Å². The van der Waals surface area contributed by atoms with Crippen molar-refractivity contribution in [1.82, 2.24) is 9.97 Å². The topological polar surface area (TPSA) is 96.1 Å². The van der Waals surface area contributed by atoms with Gasteiger partial charge in [0.2, 0.25) is 0 Å². The molecule has 1 rings (SSSR count). The van der Waals surface area contributed by atoms with Crippen molar-refractivity contribution in [2.75, 3.05) is 30.1 Å². The molecule has 0 spiro atoms. The predicted octanol–water partition coefficient (Wildman–Crippen LogP) is 0.524. The predicted molar refractivity (Wildman–Crippen MR) is 66.4 cm³/mol. The Morgan fingerprint density at radius 1 is 1.50 bits per heavy atom. The summed E-state index contributed by atoms with van der Waals surface area (Å²) in [6.45, 7) is 2.76. The van der Waals surface area contributed by atoms with Gasteiger partial charge in [0.05, 0.1) is 0 Å². The van der Waals surface area contributed by atoms with E-state index in [0.29, 0.717) is 23.3 Å². The summed E-state index contributed by atoms with van der Waals surface area (Å²) >= 11 is 1.45. The summed E-state index contributed by atoms with van der Waals surface area (Å²) in [5.74, 6) is 6.76. The minimum Gasteiger partial charge on any atom is -0.396 e. The lowest BCUT2D eigenvalue weighted by molar-refractivity contribution is 0.244. The SMILES string of the molecule is CSc1nc(NN)cc(NCC(C)CO)n1. The smallest absolute Gasteiger partial charge is 0.191 e. The highest BCUT2D eigenvalue weighted by atomic mass is 32.2. The Kier molecular flexibility index (Phi) is 5.30. The lowest BCUT2D eigenvalue weighted by atomic mass is 10.2. The van der Waals surface area contributed by atoms with E-state index in [-0.39, 0.29) is 12.5 Å². The van der Waals surface area contributed by atoms with Gasteiger partial charge < -0.3 is 15.8 Å². The number of aliphatic hydroxyl groups excluding tert-OH is 1. The second kappa shape index (κ2) is 6.51. The molecule has 5 N–H and O–H groups in total. The minimum atomic E-state index is 0.148. The summed E-state index contributed by atoms with van der Waals surface area (Å²) in [6.07, 6.45) is 1.90. The summed E-state index contributed by atoms with van der Waals surface area (Å²) in [4.78, 5) is 8.41. The summed E-state index contributed by atoms with van der Waals surface area (Å²) in [5, 5.41) is 12.7. The average Bonchev–Trinajstić information content (AvgIpc) is 2.35. The van der Waals surface area contributed by atoms with Gasteiger partial charge in [-0.05, 0) is 12.2 Å². The van der Waals surface area contributed by atoms with Gasteiger partial charge in [0.25, 0.3) is 0 Å². The van der Waals surface area contributed by atoms with Gasteiger partial charge in [-0.1, -0.05) is 18.7 Å². The normalized spacial score (nSPS) is 12.2. The highest BCUT2D eigenvalue weighted by Crippen LogP contribution is 2.16. The largest absolute Gasteiger partial charge is 0.396 e. The molecule has 90 valence electrons. The van der Waals surface area contributed by atoms with Crippen LogP contribution in [0.4, 0.5) is 11.6 Å². The zero-order valence-electron chi connectivity index (χ0n) is 9.40. The van der Waals surface area contributed by atoms with Crippen molar-refractivity contribution in [2.45, 2.75) is 12.1 Å². The number of nitrogen functional groups attached to an aromatic ring is 1. The minimum absolute atomic E-state index is 0.148. The first-order valence-electron chi connectivity index (χ1n) is 4.94. The molecule has 0 bridgehead atoms. The molecule has 1 aromatic rings. The molecular formula is C9H17N5OS. The number of anilines is 2. The maximum Gasteiger partial charge on any atom is 0.191 e. The fourth-order valence-electron chi connectivity index (χ4n) is 1.02. The molecule has 0 aliphatic rings. The number of aromatic nitrogens is 2. The molecule has 0 saturated carbocycles. The number of nitrogens with zero attached hydrogens (tertiary/aromatic N) is 2. The Labute approximate surface area is 99.0 Å². The fraction of sp³-hybridized carbons (Fsp3) is 0.556. The summed E-state index contributed by atoms with van der Waals surface area (Å²) in [7, 11) is 0. The summed E-state index contributed by atoms with van der Waals surface area (Å²) in [5.41, 5.74) is 2.49. The molecule has 0 aromatic carbocycles. The van der Waals surface area contributed by atoms with E-state index in [0.717, 1.165) is 0 Å². The Balaban J connectivity index is 2.71. The molecule has 7 heteroatoms. The van der Waals surface area contributed by atoms with Crippen LogP contribution in [-0.2, 0) is 0 Å². The molecule has 1 aromatic heterocycles. The van der Waals surface area contributed by atoms with Crippen LogP contribution < -0.4 is 16.6 Å². The number of rotatable bonds is 6. The molecular weight excluding hydrogens is 226 g/mol. The van der Waals surface area contributed by atoms with Gasteiger partial charge in [-0.2, -0.15) is 0 Å². The Morgan fingerprint density at radius 2 is 2.19 bits per heavy atom. The lowest BCUT2D eigenvalue weighted by Gasteiger charge is -2.11. The van der Waals surface area contributed by atoms with E-state index in [1.54, 1.807) is 6.07 Å². The van der Waals surface area contributed by atoms with Gasteiger partial charge in [0.1, 0.15) is 11.6 Å². The monoisotopic (exact) mass is 243 g/mol. The second-order valence-electron chi connectivity index (χ2n) is 3.44. The van der Waals surface area contributed by atoms with Crippen LogP contribution in [0.3, 0.4) is 0 Å². The van der Waals surface area contributed by atoms with Crippen molar-refractivity contribution in [1.29, 1.82) is 0 Å². The fourth-order valence-corrected chi connectivity index (χ4v) is 1.40. The molecule has 0 radical (unpaired) electrons. The van der Waals surface area contributed by atoms with Crippen LogP contribution in [0.15, 0.2) is 11.2 Å². The first kappa shape index (κ1) is 13.0. The van der Waals surface area contributed by atoms with Gasteiger partial charge in [-0.25, -0.2) is 15.8 Å². The maximum absolute atomic E-state index is 8.91. The van der Waals surface area contributed by atoms with Crippen LogP contribution in [0.25, 0.3) is 0 Å². The molecule has 1 atom stereocenters. The zero-order chi connectivity index (χ0) is 12.0. The molecule has 1 heterocycles. The number of thioether (sulfide) groups is 1. The van der Waals surface area contributed by atoms with Gasteiger partial charge >= 0.3 is 0 Å². The van der Waals surface area contributed by atoms with Crippen molar-refractivity contribution < 1.29 is 5.11 Å². The first-order valence-corrected chi connectivity index (χ1v) is 6.16. The highest BCUT2D eigenvalue weighted by molar-refractivity contribution is 7.98. The van der Waals surface area contributed by atoms with Crippen LogP contribution >= 0.6 is 11.8 Å². The number of hydrogen-bond acceptors (Lipinski definition) is 7. The number of hydrogen-bond donors (Lipinski definition) is 4. The summed E-state index contributed by atoms with van der Waals surface area (Å²) in [6, 6.07) is 1.73. The van der Waals surface area contributed by atoms with E-state index in [9.17, 15) is 0 Å². The highest BCUT2D eigenvalue weighted by Gasteiger charge is 2.04. The van der Waals surface area contributed by atoms with Gasteiger partial charge in [0, 0.05) is 19.2 Å². The third-order valence-corrected chi connectivity index (χ3v) is 2.53.